The summed E-state index contributed by atoms with van der Waals surface area (Å²) >= 11 is 0. The second-order valence-corrected chi connectivity index (χ2v) is 9.71. The summed E-state index contributed by atoms with van der Waals surface area (Å²) in [4.78, 5) is 24.4. The number of rotatable bonds is 5. The second-order valence-electron chi connectivity index (χ2n) is 9.71. The molecule has 0 spiro atoms. The van der Waals surface area contributed by atoms with Gasteiger partial charge in [0.25, 0.3) is 5.91 Å². The van der Waals surface area contributed by atoms with Gasteiger partial charge in [0.05, 0.1) is 18.8 Å². The topological polar surface area (TPSA) is 54.3 Å². The Labute approximate surface area is 199 Å². The maximum atomic E-state index is 13.6. The van der Waals surface area contributed by atoms with E-state index in [-0.39, 0.29) is 11.4 Å². The van der Waals surface area contributed by atoms with Gasteiger partial charge in [0.15, 0.2) is 0 Å². The first-order valence-corrected chi connectivity index (χ1v) is 12.0. The van der Waals surface area contributed by atoms with Gasteiger partial charge in [0, 0.05) is 26.4 Å². The van der Waals surface area contributed by atoms with Gasteiger partial charge >= 0.3 is 0 Å². The highest BCUT2D eigenvalue weighted by molar-refractivity contribution is 6.46. The van der Waals surface area contributed by atoms with Crippen molar-refractivity contribution in [3.8, 4) is 0 Å². The van der Waals surface area contributed by atoms with Gasteiger partial charge < -0.3 is 9.64 Å². The quantitative estimate of drug-likeness (QED) is 0.582. The lowest BCUT2D eigenvalue weighted by Gasteiger charge is -2.42. The van der Waals surface area contributed by atoms with Crippen molar-refractivity contribution < 1.29 is 9.53 Å². The molecule has 0 bridgehead atoms. The SMILES string of the molecule is CCc1cc2c(cc1/C(C)=C/C(C)=N\C)C(C)=C(/C(=N\C)C(=O)N1CCOCC1(C)C)CC2. The van der Waals surface area contributed by atoms with Crippen molar-refractivity contribution in [1.82, 2.24) is 4.90 Å². The van der Waals surface area contributed by atoms with Crippen LogP contribution >= 0.6 is 0 Å². The van der Waals surface area contributed by atoms with Crippen molar-refractivity contribution in [1.29, 1.82) is 0 Å². The second kappa shape index (κ2) is 10.2. The zero-order chi connectivity index (χ0) is 24.3. The number of amides is 1. The third-order valence-electron chi connectivity index (χ3n) is 7.02. The summed E-state index contributed by atoms with van der Waals surface area (Å²) in [5, 5.41) is 0. The van der Waals surface area contributed by atoms with Crippen LogP contribution < -0.4 is 0 Å². The van der Waals surface area contributed by atoms with E-state index < -0.39 is 0 Å². The fraction of sp³-hybridized carbons (Fsp3) is 0.536. The first-order valence-electron chi connectivity index (χ1n) is 12.0. The first-order chi connectivity index (χ1) is 15.6. The Morgan fingerprint density at radius 2 is 1.91 bits per heavy atom. The summed E-state index contributed by atoms with van der Waals surface area (Å²) < 4.78 is 5.62. The van der Waals surface area contributed by atoms with Gasteiger partial charge in [-0.05, 0) is 105 Å². The number of ether oxygens (including phenoxy) is 1. The molecule has 5 nitrogen and oxygen atoms in total. The predicted octanol–water partition coefficient (Wildman–Crippen LogP) is 5.17. The molecule has 0 saturated carbocycles. The molecule has 1 aliphatic carbocycles. The van der Waals surface area contributed by atoms with E-state index in [2.05, 4.69) is 62.8 Å². The maximum Gasteiger partial charge on any atom is 0.272 e. The highest BCUT2D eigenvalue weighted by Crippen LogP contribution is 2.36. The lowest BCUT2D eigenvalue weighted by atomic mass is 9.80. The Morgan fingerprint density at radius 1 is 1.18 bits per heavy atom. The third-order valence-corrected chi connectivity index (χ3v) is 7.02. The molecule has 1 aromatic carbocycles. The highest BCUT2D eigenvalue weighted by atomic mass is 16.5. The Bertz CT molecular complexity index is 1060. The van der Waals surface area contributed by atoms with Crippen LogP contribution in [0.15, 0.2) is 33.8 Å². The predicted molar refractivity (Wildman–Crippen MR) is 139 cm³/mol. The van der Waals surface area contributed by atoms with E-state index in [4.69, 9.17) is 4.74 Å². The number of carbonyl (C=O) groups is 1. The summed E-state index contributed by atoms with van der Waals surface area (Å²) in [6, 6.07) is 4.67. The van der Waals surface area contributed by atoms with Crippen molar-refractivity contribution in [3.05, 3.63) is 46.0 Å². The monoisotopic (exact) mass is 449 g/mol. The standard InChI is InChI=1S/C28H39N3O2/c1-9-21-15-22-10-11-23(20(4)25(22)16-24(21)18(2)14-19(3)29-7)26(30-8)27(32)31-12-13-33-17-28(31,5)6/h14-16H,9-13,17H2,1-8H3/b18-14+,29-19-,30-26+. The van der Waals surface area contributed by atoms with Gasteiger partial charge in [-0.15, -0.1) is 0 Å². The fourth-order valence-corrected chi connectivity index (χ4v) is 4.99. The molecule has 1 aromatic rings. The van der Waals surface area contributed by atoms with Crippen LogP contribution in [-0.4, -0.2) is 61.6 Å². The molecule has 2 aliphatic rings. The van der Waals surface area contributed by atoms with Crippen LogP contribution in [0.25, 0.3) is 11.1 Å². The Kier molecular flexibility index (Phi) is 7.73. The van der Waals surface area contributed by atoms with Gasteiger partial charge in [-0.25, -0.2) is 0 Å². The number of morpholine rings is 1. The Morgan fingerprint density at radius 3 is 2.52 bits per heavy atom. The summed E-state index contributed by atoms with van der Waals surface area (Å²) in [5.41, 5.74) is 9.93. The molecule has 1 saturated heterocycles. The molecule has 178 valence electrons. The van der Waals surface area contributed by atoms with Gasteiger partial charge in [-0.1, -0.05) is 13.0 Å². The maximum absolute atomic E-state index is 13.6. The summed E-state index contributed by atoms with van der Waals surface area (Å²) in [5.74, 6) is 0.0138. The molecule has 0 aromatic heterocycles. The number of hydrogen-bond acceptors (Lipinski definition) is 4. The van der Waals surface area contributed by atoms with E-state index in [1.165, 1.54) is 27.8 Å². The molecular weight excluding hydrogens is 410 g/mol. The molecule has 1 heterocycles. The van der Waals surface area contributed by atoms with E-state index in [9.17, 15) is 4.79 Å². The molecule has 0 unspecified atom stereocenters. The summed E-state index contributed by atoms with van der Waals surface area (Å²) in [6.07, 6.45) is 4.89. The van der Waals surface area contributed by atoms with Gasteiger partial charge in [-0.2, -0.15) is 0 Å². The number of aryl methyl sites for hydroxylation is 2. The molecule has 3 rings (SSSR count). The number of aliphatic imine (C=N–C) groups is 2. The van der Waals surface area contributed by atoms with Crippen LogP contribution in [0.4, 0.5) is 0 Å². The molecule has 0 atom stereocenters. The Hall–Kier alpha value is -2.53. The molecule has 1 aliphatic heterocycles. The van der Waals surface area contributed by atoms with E-state index in [0.29, 0.717) is 25.5 Å². The van der Waals surface area contributed by atoms with Crippen molar-refractivity contribution in [2.24, 2.45) is 9.98 Å². The van der Waals surface area contributed by atoms with Crippen LogP contribution in [-0.2, 0) is 22.4 Å². The zero-order valence-electron chi connectivity index (χ0n) is 21.6. The minimum absolute atomic E-state index is 0.0138. The average Bonchev–Trinajstić information content (AvgIpc) is 2.79. The smallest absolute Gasteiger partial charge is 0.272 e. The number of fused-ring (bicyclic) bond motifs is 1. The zero-order valence-corrected chi connectivity index (χ0v) is 21.6. The van der Waals surface area contributed by atoms with Gasteiger partial charge in [0.1, 0.15) is 5.71 Å². The summed E-state index contributed by atoms with van der Waals surface area (Å²) in [6.45, 7) is 14.4. The number of hydrogen-bond donors (Lipinski definition) is 0. The number of allylic oxidation sites excluding steroid dienone is 3. The van der Waals surface area contributed by atoms with Crippen LogP contribution in [0, 0.1) is 0 Å². The van der Waals surface area contributed by atoms with Crippen molar-refractivity contribution >= 4 is 28.5 Å². The van der Waals surface area contributed by atoms with Gasteiger partial charge in [0.2, 0.25) is 0 Å². The molecule has 0 radical (unpaired) electrons. The van der Waals surface area contributed by atoms with E-state index in [0.717, 1.165) is 36.1 Å². The highest BCUT2D eigenvalue weighted by Gasteiger charge is 2.37. The Balaban J connectivity index is 2.07. The molecular formula is C28H39N3O2. The number of benzene rings is 1. The first kappa shape index (κ1) is 25.1. The van der Waals surface area contributed by atoms with Crippen molar-refractivity contribution in [3.63, 3.8) is 0 Å². The van der Waals surface area contributed by atoms with Crippen LogP contribution in [0.2, 0.25) is 0 Å². The third kappa shape index (κ3) is 5.03. The van der Waals surface area contributed by atoms with E-state index in [1.54, 1.807) is 7.05 Å². The fourth-order valence-electron chi connectivity index (χ4n) is 4.99. The largest absolute Gasteiger partial charge is 0.377 e. The van der Waals surface area contributed by atoms with Crippen LogP contribution in [0.3, 0.4) is 0 Å². The molecule has 33 heavy (non-hydrogen) atoms. The van der Waals surface area contributed by atoms with Gasteiger partial charge in [-0.3, -0.25) is 14.8 Å². The minimum atomic E-state index is -0.337. The van der Waals surface area contributed by atoms with Crippen molar-refractivity contribution in [2.75, 3.05) is 33.9 Å². The lowest BCUT2D eigenvalue weighted by molar-refractivity contribution is -0.138. The van der Waals surface area contributed by atoms with Crippen LogP contribution in [0.5, 0.6) is 0 Å². The van der Waals surface area contributed by atoms with Crippen LogP contribution in [0.1, 0.15) is 70.2 Å². The average molecular weight is 450 g/mol. The normalized spacial score (nSPS) is 19.6. The molecule has 1 amide bonds. The van der Waals surface area contributed by atoms with E-state index >= 15 is 0 Å². The van der Waals surface area contributed by atoms with E-state index in [1.807, 2.05) is 18.9 Å². The molecule has 5 heteroatoms. The summed E-state index contributed by atoms with van der Waals surface area (Å²) in [7, 11) is 3.56. The van der Waals surface area contributed by atoms with Crippen molar-refractivity contribution in [2.45, 2.75) is 66.3 Å². The lowest BCUT2D eigenvalue weighted by Crippen LogP contribution is -2.57. The number of carbonyl (C=O) groups excluding carboxylic acids is 1. The minimum Gasteiger partial charge on any atom is -0.377 e. The molecule has 1 fully saturated rings. The number of nitrogens with zero attached hydrogens (tertiary/aromatic N) is 3. The molecule has 0 N–H and O–H groups in total.